The van der Waals surface area contributed by atoms with Gasteiger partial charge in [-0.3, -0.25) is 9.59 Å². The number of hydrogen-bond donors (Lipinski definition) is 2. The van der Waals surface area contributed by atoms with Crippen LogP contribution < -0.4 is 15.4 Å². The smallest absolute Gasteiger partial charge is 0.247 e. The monoisotopic (exact) mass is 352 g/mol. The molecule has 0 heterocycles. The van der Waals surface area contributed by atoms with Crippen molar-refractivity contribution < 1.29 is 14.3 Å². The highest BCUT2D eigenvalue weighted by atomic mass is 16.5. The topological polar surface area (TPSA) is 67.4 Å². The molecule has 0 spiro atoms. The molecule has 0 radical (unpaired) electrons. The van der Waals surface area contributed by atoms with Crippen molar-refractivity contribution in [3.63, 3.8) is 0 Å². The summed E-state index contributed by atoms with van der Waals surface area (Å²) in [5.41, 5.74) is 3.14. The van der Waals surface area contributed by atoms with Crippen molar-refractivity contribution in [3.8, 4) is 16.9 Å². The lowest BCUT2D eigenvalue weighted by Crippen LogP contribution is -2.10. The van der Waals surface area contributed by atoms with Crippen LogP contribution in [-0.2, 0) is 9.59 Å². The fourth-order valence-corrected chi connectivity index (χ4v) is 2.46. The predicted molar refractivity (Wildman–Crippen MR) is 105 cm³/mol. The summed E-state index contributed by atoms with van der Waals surface area (Å²) in [7, 11) is 0. The highest BCUT2D eigenvalue weighted by molar-refractivity contribution is 6.01. The van der Waals surface area contributed by atoms with Gasteiger partial charge >= 0.3 is 0 Å². The molecule has 0 fully saturated rings. The van der Waals surface area contributed by atoms with Crippen LogP contribution in [0.4, 0.5) is 11.4 Å². The van der Waals surface area contributed by atoms with Crippen LogP contribution in [-0.4, -0.2) is 18.4 Å². The van der Waals surface area contributed by atoms with Crippen molar-refractivity contribution in [3.05, 3.63) is 55.1 Å². The van der Waals surface area contributed by atoms with Crippen LogP contribution in [0.2, 0.25) is 0 Å². The molecule has 2 rings (SSSR count). The highest BCUT2D eigenvalue weighted by Gasteiger charge is 2.13. The first-order chi connectivity index (χ1) is 12.5. The fourth-order valence-electron chi connectivity index (χ4n) is 2.46. The van der Waals surface area contributed by atoms with Crippen molar-refractivity contribution in [1.82, 2.24) is 0 Å². The molecule has 0 bridgehead atoms. The molecule has 0 aliphatic heterocycles. The lowest BCUT2D eigenvalue weighted by atomic mass is 10.0. The Kier molecular flexibility index (Phi) is 6.97. The average molecular weight is 352 g/mol. The van der Waals surface area contributed by atoms with Gasteiger partial charge in [0.1, 0.15) is 0 Å². The molecule has 0 saturated heterocycles. The molecular formula is C21H24N2O3. The molecular weight excluding hydrogens is 328 g/mol. The lowest BCUT2D eigenvalue weighted by Gasteiger charge is -2.16. The van der Waals surface area contributed by atoms with Gasteiger partial charge in [0.25, 0.3) is 0 Å². The van der Waals surface area contributed by atoms with E-state index in [-0.39, 0.29) is 11.8 Å². The molecule has 0 saturated carbocycles. The maximum Gasteiger partial charge on any atom is 0.247 e. The van der Waals surface area contributed by atoms with Gasteiger partial charge in [-0.2, -0.15) is 0 Å². The summed E-state index contributed by atoms with van der Waals surface area (Å²) in [5.74, 6) is 0.224. The molecule has 2 aromatic rings. The summed E-state index contributed by atoms with van der Waals surface area (Å²) in [5, 5.41) is 5.54. The van der Waals surface area contributed by atoms with E-state index in [2.05, 4.69) is 24.1 Å². The van der Waals surface area contributed by atoms with Crippen LogP contribution in [0.15, 0.2) is 55.1 Å². The average Bonchev–Trinajstić information content (AvgIpc) is 2.63. The number of rotatable bonds is 8. The quantitative estimate of drug-likeness (QED) is 0.538. The third-order valence-corrected chi connectivity index (χ3v) is 3.72. The number of nitrogens with one attached hydrogen (secondary N) is 2. The molecule has 0 aromatic heterocycles. The van der Waals surface area contributed by atoms with E-state index in [1.54, 1.807) is 6.07 Å². The Balaban J connectivity index is 2.38. The summed E-state index contributed by atoms with van der Waals surface area (Å²) in [6.45, 7) is 7.62. The number of unbranched alkanes of at least 4 members (excludes halogenated alkanes) is 1. The van der Waals surface area contributed by atoms with E-state index in [1.807, 2.05) is 36.4 Å². The van der Waals surface area contributed by atoms with E-state index in [4.69, 9.17) is 4.74 Å². The zero-order valence-electron chi connectivity index (χ0n) is 15.2. The molecule has 2 N–H and O–H groups in total. The summed E-state index contributed by atoms with van der Waals surface area (Å²) < 4.78 is 5.98. The Bertz CT molecular complexity index is 782. The van der Waals surface area contributed by atoms with E-state index in [0.29, 0.717) is 18.0 Å². The van der Waals surface area contributed by atoms with Gasteiger partial charge in [0.05, 0.1) is 12.3 Å². The summed E-state index contributed by atoms with van der Waals surface area (Å²) in [6, 6.07) is 13.1. The first-order valence-electron chi connectivity index (χ1n) is 8.62. The van der Waals surface area contributed by atoms with Crippen LogP contribution in [0.5, 0.6) is 5.75 Å². The molecule has 5 nitrogen and oxygen atoms in total. The molecule has 26 heavy (non-hydrogen) atoms. The normalized spacial score (nSPS) is 10.1. The molecule has 5 heteroatoms. The number of hydrogen-bond acceptors (Lipinski definition) is 3. The Morgan fingerprint density at radius 1 is 1.12 bits per heavy atom. The second kappa shape index (κ2) is 9.42. The van der Waals surface area contributed by atoms with E-state index < -0.39 is 0 Å². The van der Waals surface area contributed by atoms with Crippen LogP contribution in [0.1, 0.15) is 26.7 Å². The third kappa shape index (κ3) is 5.21. The SMILES string of the molecule is C=CC(=O)Nc1cccc(-c2ccc(NC(C)=O)cc2)c1OCCCC. The van der Waals surface area contributed by atoms with Gasteiger partial charge in [-0.1, -0.05) is 44.2 Å². The van der Waals surface area contributed by atoms with Gasteiger partial charge in [0.2, 0.25) is 11.8 Å². The first-order valence-corrected chi connectivity index (χ1v) is 8.62. The summed E-state index contributed by atoms with van der Waals surface area (Å²) >= 11 is 0. The fraction of sp³-hybridized carbons (Fsp3) is 0.238. The highest BCUT2D eigenvalue weighted by Crippen LogP contribution is 2.37. The largest absolute Gasteiger partial charge is 0.491 e. The van der Waals surface area contributed by atoms with Crippen LogP contribution in [0, 0.1) is 0 Å². The maximum atomic E-state index is 11.7. The molecule has 0 aliphatic rings. The molecule has 0 atom stereocenters. The second-order valence-corrected chi connectivity index (χ2v) is 5.84. The predicted octanol–water partition coefficient (Wildman–Crippen LogP) is 4.62. The Hall–Kier alpha value is -3.08. The zero-order chi connectivity index (χ0) is 18.9. The van der Waals surface area contributed by atoms with E-state index >= 15 is 0 Å². The number of carbonyl (C=O) groups excluding carboxylic acids is 2. The van der Waals surface area contributed by atoms with Crippen molar-refractivity contribution in [1.29, 1.82) is 0 Å². The van der Waals surface area contributed by atoms with Crippen molar-refractivity contribution >= 4 is 23.2 Å². The van der Waals surface area contributed by atoms with E-state index in [0.717, 1.165) is 29.7 Å². The number of para-hydroxylation sites is 1. The van der Waals surface area contributed by atoms with Crippen LogP contribution in [0.25, 0.3) is 11.1 Å². The molecule has 136 valence electrons. The first kappa shape index (κ1) is 19.2. The summed E-state index contributed by atoms with van der Waals surface area (Å²) in [4.78, 5) is 22.9. The molecule has 2 aromatic carbocycles. The Morgan fingerprint density at radius 3 is 2.46 bits per heavy atom. The number of benzene rings is 2. The number of anilines is 2. The van der Waals surface area contributed by atoms with Gasteiger partial charge < -0.3 is 15.4 Å². The zero-order valence-corrected chi connectivity index (χ0v) is 15.2. The number of amides is 2. The minimum Gasteiger partial charge on any atom is -0.491 e. The van der Waals surface area contributed by atoms with Crippen molar-refractivity contribution in [2.24, 2.45) is 0 Å². The number of carbonyl (C=O) groups is 2. The molecule has 2 amide bonds. The van der Waals surface area contributed by atoms with E-state index in [1.165, 1.54) is 13.0 Å². The third-order valence-electron chi connectivity index (χ3n) is 3.72. The molecule has 0 unspecified atom stereocenters. The van der Waals surface area contributed by atoms with Crippen LogP contribution >= 0.6 is 0 Å². The van der Waals surface area contributed by atoms with Crippen molar-refractivity contribution in [2.75, 3.05) is 17.2 Å². The minimum atomic E-state index is -0.288. The number of ether oxygens (including phenoxy) is 1. The van der Waals surface area contributed by atoms with Gasteiger partial charge in [0.15, 0.2) is 5.75 Å². The standard InChI is InChI=1S/C21H24N2O3/c1-4-6-14-26-21-18(8-7-9-19(21)23-20(25)5-2)16-10-12-17(13-11-16)22-15(3)24/h5,7-13H,2,4,6,14H2,1,3H3,(H,22,24)(H,23,25). The van der Waals surface area contributed by atoms with Gasteiger partial charge in [-0.05, 0) is 36.3 Å². The minimum absolute atomic E-state index is 0.115. The molecule has 0 aliphatic carbocycles. The van der Waals surface area contributed by atoms with Gasteiger partial charge in [-0.25, -0.2) is 0 Å². The maximum absolute atomic E-state index is 11.7. The van der Waals surface area contributed by atoms with Crippen molar-refractivity contribution in [2.45, 2.75) is 26.7 Å². The second-order valence-electron chi connectivity index (χ2n) is 5.84. The van der Waals surface area contributed by atoms with Gasteiger partial charge in [-0.15, -0.1) is 0 Å². The van der Waals surface area contributed by atoms with Crippen LogP contribution in [0.3, 0.4) is 0 Å². The van der Waals surface area contributed by atoms with E-state index in [9.17, 15) is 9.59 Å². The lowest BCUT2D eigenvalue weighted by molar-refractivity contribution is -0.114. The van der Waals surface area contributed by atoms with Gasteiger partial charge in [0, 0.05) is 18.2 Å². The Morgan fingerprint density at radius 2 is 1.85 bits per heavy atom. The summed E-state index contributed by atoms with van der Waals surface area (Å²) in [6.07, 6.45) is 3.16. The Labute approximate surface area is 154 Å².